The van der Waals surface area contributed by atoms with Gasteiger partial charge in [0.15, 0.2) is 0 Å². The molecular weight excluding hydrogens is 234 g/mol. The molecule has 0 bridgehead atoms. The van der Waals surface area contributed by atoms with Crippen molar-refractivity contribution in [3.05, 3.63) is 0 Å². The van der Waals surface area contributed by atoms with E-state index in [-0.39, 0.29) is 0 Å². The van der Waals surface area contributed by atoms with Gasteiger partial charge in [-0.2, -0.15) is 0 Å². The van der Waals surface area contributed by atoms with Crippen molar-refractivity contribution < 1.29 is 0 Å². The van der Waals surface area contributed by atoms with Gasteiger partial charge in [-0.25, -0.2) is 0 Å². The maximum Gasteiger partial charge on any atom is 0.0253 e. The summed E-state index contributed by atoms with van der Waals surface area (Å²) in [6.07, 6.45) is 4.17. The minimum atomic E-state index is 0.711. The molecule has 1 saturated carbocycles. The quantitative estimate of drug-likeness (QED) is 0.841. The van der Waals surface area contributed by atoms with Gasteiger partial charge >= 0.3 is 0 Å². The number of hydrogen-bond donors (Lipinski definition) is 1. The van der Waals surface area contributed by atoms with E-state index in [1.807, 2.05) is 0 Å². The molecule has 3 atom stereocenters. The molecule has 0 amide bonds. The first-order valence-electron chi connectivity index (χ1n) is 8.29. The maximum absolute atomic E-state index is 3.58. The zero-order valence-electron chi connectivity index (χ0n) is 13.4. The average Bonchev–Trinajstić information content (AvgIpc) is 2.46. The van der Waals surface area contributed by atoms with Crippen molar-refractivity contribution in [3.8, 4) is 0 Å². The monoisotopic (exact) mass is 267 g/mol. The Bertz CT molecular complexity index is 259. The van der Waals surface area contributed by atoms with Crippen LogP contribution in [0.3, 0.4) is 0 Å². The highest BCUT2D eigenvalue weighted by atomic mass is 15.3. The minimum absolute atomic E-state index is 0.711. The van der Waals surface area contributed by atoms with Gasteiger partial charge in [0.05, 0.1) is 0 Å². The van der Waals surface area contributed by atoms with Crippen molar-refractivity contribution in [2.75, 3.05) is 39.8 Å². The van der Waals surface area contributed by atoms with E-state index in [0.29, 0.717) is 6.04 Å². The van der Waals surface area contributed by atoms with Crippen LogP contribution in [0.1, 0.15) is 40.0 Å². The summed E-state index contributed by atoms with van der Waals surface area (Å²) in [4.78, 5) is 5.34. The van der Waals surface area contributed by atoms with Crippen LogP contribution in [0.2, 0.25) is 0 Å². The van der Waals surface area contributed by atoms with E-state index in [1.54, 1.807) is 0 Å². The third kappa shape index (κ3) is 3.71. The normalized spacial score (nSPS) is 34.9. The van der Waals surface area contributed by atoms with Crippen LogP contribution in [0.15, 0.2) is 0 Å². The number of nitrogens with zero attached hydrogens (tertiary/aromatic N) is 2. The Kier molecular flexibility index (Phi) is 5.67. The molecule has 1 heterocycles. The minimum Gasteiger partial charge on any atom is -0.315 e. The van der Waals surface area contributed by atoms with Gasteiger partial charge in [-0.3, -0.25) is 4.90 Å². The van der Waals surface area contributed by atoms with Gasteiger partial charge in [-0.05, 0) is 44.7 Å². The van der Waals surface area contributed by atoms with Crippen LogP contribution in [-0.2, 0) is 0 Å². The highest BCUT2D eigenvalue weighted by Gasteiger charge is 2.35. The first-order chi connectivity index (χ1) is 9.15. The van der Waals surface area contributed by atoms with Crippen LogP contribution in [0, 0.1) is 11.8 Å². The second-order valence-corrected chi connectivity index (χ2v) is 6.75. The van der Waals surface area contributed by atoms with E-state index in [4.69, 9.17) is 0 Å². The summed E-state index contributed by atoms with van der Waals surface area (Å²) < 4.78 is 0. The van der Waals surface area contributed by atoms with Crippen molar-refractivity contribution in [3.63, 3.8) is 0 Å². The molecule has 0 aromatic rings. The average molecular weight is 267 g/mol. The molecule has 1 N–H and O–H groups in total. The summed E-state index contributed by atoms with van der Waals surface area (Å²) in [6.45, 7) is 13.3. The van der Waals surface area contributed by atoms with Gasteiger partial charge < -0.3 is 10.2 Å². The molecule has 3 nitrogen and oxygen atoms in total. The Labute approximate surface area is 119 Å². The molecule has 0 spiro atoms. The van der Waals surface area contributed by atoms with Gasteiger partial charge in [0, 0.05) is 38.3 Å². The summed E-state index contributed by atoms with van der Waals surface area (Å²) in [7, 11) is 2.15. The molecule has 0 radical (unpaired) electrons. The summed E-state index contributed by atoms with van der Waals surface area (Å²) >= 11 is 0. The lowest BCUT2D eigenvalue weighted by atomic mass is 9.76. The van der Waals surface area contributed by atoms with Crippen LogP contribution in [0.25, 0.3) is 0 Å². The van der Waals surface area contributed by atoms with E-state index in [0.717, 1.165) is 17.9 Å². The van der Waals surface area contributed by atoms with E-state index >= 15 is 0 Å². The fraction of sp³-hybridized carbons (Fsp3) is 1.00. The van der Waals surface area contributed by atoms with E-state index in [1.165, 1.54) is 52.0 Å². The van der Waals surface area contributed by atoms with Crippen LogP contribution in [0.4, 0.5) is 0 Å². The lowest BCUT2D eigenvalue weighted by molar-refractivity contribution is 0.0438. The predicted octanol–water partition coefficient (Wildman–Crippen LogP) is 2.04. The van der Waals surface area contributed by atoms with Crippen molar-refractivity contribution in [2.45, 2.75) is 52.1 Å². The number of piperazine rings is 1. The van der Waals surface area contributed by atoms with Gasteiger partial charge in [0.1, 0.15) is 0 Å². The number of hydrogen-bond acceptors (Lipinski definition) is 3. The van der Waals surface area contributed by atoms with Crippen molar-refractivity contribution >= 4 is 0 Å². The van der Waals surface area contributed by atoms with E-state index in [2.05, 4.69) is 42.9 Å². The predicted molar refractivity (Wildman–Crippen MR) is 82.5 cm³/mol. The van der Waals surface area contributed by atoms with Crippen LogP contribution in [0.5, 0.6) is 0 Å². The molecule has 3 unspecified atom stereocenters. The molecule has 3 heteroatoms. The molecule has 19 heavy (non-hydrogen) atoms. The molecule has 2 fully saturated rings. The zero-order valence-corrected chi connectivity index (χ0v) is 13.4. The number of rotatable bonds is 4. The molecule has 1 aliphatic carbocycles. The lowest BCUT2D eigenvalue weighted by Gasteiger charge is -2.46. The maximum atomic E-state index is 3.58. The van der Waals surface area contributed by atoms with Crippen LogP contribution < -0.4 is 5.32 Å². The SMILES string of the molecule is CCN1CCN(C2CC(C(C)C)CCC2NC)CC1. The zero-order chi connectivity index (χ0) is 13.8. The second-order valence-electron chi connectivity index (χ2n) is 6.75. The highest BCUT2D eigenvalue weighted by molar-refractivity contribution is 4.92. The van der Waals surface area contributed by atoms with Crippen LogP contribution in [-0.4, -0.2) is 61.7 Å². The summed E-state index contributed by atoms with van der Waals surface area (Å²) in [5.74, 6) is 1.77. The molecule has 0 aromatic heterocycles. The van der Waals surface area contributed by atoms with Crippen LogP contribution >= 0.6 is 0 Å². The standard InChI is InChI=1S/C16H33N3/c1-5-18-8-10-19(11-9-18)16-12-14(13(2)3)6-7-15(16)17-4/h13-17H,5-12H2,1-4H3. The summed E-state index contributed by atoms with van der Waals surface area (Å²) in [6, 6.07) is 1.48. The van der Waals surface area contributed by atoms with Crippen molar-refractivity contribution in [1.29, 1.82) is 0 Å². The Hall–Kier alpha value is -0.120. The Morgan fingerprint density at radius 2 is 1.79 bits per heavy atom. The molecule has 0 aromatic carbocycles. The van der Waals surface area contributed by atoms with Crippen molar-refractivity contribution in [2.24, 2.45) is 11.8 Å². The smallest absolute Gasteiger partial charge is 0.0253 e. The first-order valence-corrected chi connectivity index (χ1v) is 8.29. The molecule has 2 aliphatic rings. The Morgan fingerprint density at radius 3 is 2.32 bits per heavy atom. The lowest BCUT2D eigenvalue weighted by Crippen LogP contribution is -2.58. The van der Waals surface area contributed by atoms with E-state index < -0.39 is 0 Å². The van der Waals surface area contributed by atoms with Crippen molar-refractivity contribution in [1.82, 2.24) is 15.1 Å². The molecule has 2 rings (SSSR count). The third-order valence-corrected chi connectivity index (χ3v) is 5.49. The molecule has 1 saturated heterocycles. The van der Waals surface area contributed by atoms with Gasteiger partial charge in [-0.15, -0.1) is 0 Å². The molecular formula is C16H33N3. The third-order valence-electron chi connectivity index (χ3n) is 5.49. The summed E-state index contributed by atoms with van der Waals surface area (Å²) in [5, 5.41) is 3.58. The molecule has 112 valence electrons. The van der Waals surface area contributed by atoms with Gasteiger partial charge in [-0.1, -0.05) is 20.8 Å². The van der Waals surface area contributed by atoms with E-state index in [9.17, 15) is 0 Å². The van der Waals surface area contributed by atoms with Gasteiger partial charge in [0.25, 0.3) is 0 Å². The Morgan fingerprint density at radius 1 is 1.11 bits per heavy atom. The largest absolute Gasteiger partial charge is 0.315 e. The first kappa shape index (κ1) is 15.3. The van der Waals surface area contributed by atoms with Gasteiger partial charge in [0.2, 0.25) is 0 Å². The highest BCUT2D eigenvalue weighted by Crippen LogP contribution is 2.33. The topological polar surface area (TPSA) is 18.5 Å². The fourth-order valence-electron chi connectivity index (χ4n) is 3.94. The second kappa shape index (κ2) is 7.05. The number of likely N-dealkylation sites (N-methyl/N-ethyl adjacent to an activating group) is 2. The summed E-state index contributed by atoms with van der Waals surface area (Å²) in [5.41, 5.74) is 0. The Balaban J connectivity index is 1.94. The number of nitrogens with one attached hydrogen (secondary N) is 1. The molecule has 1 aliphatic heterocycles. The fourth-order valence-corrected chi connectivity index (χ4v) is 3.94.